The summed E-state index contributed by atoms with van der Waals surface area (Å²) in [5.74, 6) is 1.40. The van der Waals surface area contributed by atoms with Crippen LogP contribution in [0.2, 0.25) is 0 Å². The Kier molecular flexibility index (Phi) is 4.68. The summed E-state index contributed by atoms with van der Waals surface area (Å²) >= 11 is 0. The molecule has 3 heterocycles. The lowest BCUT2D eigenvalue weighted by atomic mass is 9.95. The minimum atomic E-state index is -0.732. The van der Waals surface area contributed by atoms with Crippen LogP contribution in [-0.4, -0.2) is 37.6 Å². The van der Waals surface area contributed by atoms with Gasteiger partial charge in [-0.15, -0.1) is 0 Å². The molecule has 10 heteroatoms. The molecular weight excluding hydrogens is 398 g/mol. The highest BCUT2D eigenvalue weighted by molar-refractivity contribution is 6.07. The lowest BCUT2D eigenvalue weighted by Crippen LogP contribution is -2.26. The smallest absolute Gasteiger partial charge is 0.277 e. The molecule has 10 nitrogen and oxygen atoms in total. The topological polar surface area (TPSA) is 141 Å². The van der Waals surface area contributed by atoms with Crippen molar-refractivity contribution in [3.05, 3.63) is 42.2 Å². The van der Waals surface area contributed by atoms with Crippen molar-refractivity contribution in [1.29, 1.82) is 0 Å². The Hall–Kier alpha value is -3.69. The van der Waals surface area contributed by atoms with Gasteiger partial charge in [0.05, 0.1) is 5.69 Å². The molecular formula is C21H23N7O3. The lowest BCUT2D eigenvalue weighted by Gasteiger charge is -2.23. The lowest BCUT2D eigenvalue weighted by molar-refractivity contribution is 0.0995. The number of nitrogens with zero attached hydrogens (tertiary/aromatic N) is 4. The molecule has 0 saturated heterocycles. The molecule has 5 rings (SSSR count). The monoisotopic (exact) mass is 421 g/mol. The summed E-state index contributed by atoms with van der Waals surface area (Å²) in [5.41, 5.74) is 6.29. The van der Waals surface area contributed by atoms with E-state index in [1.165, 1.54) is 42.8 Å². The minimum absolute atomic E-state index is 0.0231. The van der Waals surface area contributed by atoms with Crippen LogP contribution in [-0.2, 0) is 7.05 Å². The van der Waals surface area contributed by atoms with Crippen molar-refractivity contribution in [2.45, 2.75) is 31.7 Å². The van der Waals surface area contributed by atoms with Crippen LogP contribution < -0.4 is 16.4 Å². The number of nitrogens with two attached hydrogens (primary N) is 1. The van der Waals surface area contributed by atoms with Gasteiger partial charge in [-0.1, -0.05) is 6.42 Å². The van der Waals surface area contributed by atoms with E-state index in [1.807, 2.05) is 6.07 Å². The molecule has 0 spiro atoms. The number of carbonyl (C=O) groups is 2. The Morgan fingerprint density at radius 2 is 2.16 bits per heavy atom. The predicted octanol–water partition coefficient (Wildman–Crippen LogP) is 2.42. The fraction of sp³-hybridized carbons (Fsp3) is 0.381. The first kappa shape index (κ1) is 19.3. The molecule has 0 aromatic carbocycles. The van der Waals surface area contributed by atoms with E-state index in [2.05, 4.69) is 25.7 Å². The zero-order valence-electron chi connectivity index (χ0n) is 17.0. The van der Waals surface area contributed by atoms with Crippen LogP contribution in [0.1, 0.15) is 46.7 Å². The number of aryl methyl sites for hydroxylation is 1. The van der Waals surface area contributed by atoms with Gasteiger partial charge in [-0.2, -0.15) is 5.10 Å². The molecule has 2 aliphatic carbocycles. The molecule has 0 aliphatic heterocycles. The van der Waals surface area contributed by atoms with Crippen LogP contribution in [0.4, 0.5) is 11.5 Å². The van der Waals surface area contributed by atoms with E-state index in [4.69, 9.17) is 10.2 Å². The average Bonchev–Trinajstić information content (AvgIpc) is 3.52. The molecule has 0 unspecified atom stereocenters. The summed E-state index contributed by atoms with van der Waals surface area (Å²) in [7, 11) is 1.63. The number of oxazole rings is 1. The fourth-order valence-corrected chi connectivity index (χ4v) is 4.71. The van der Waals surface area contributed by atoms with Crippen LogP contribution in [0, 0.1) is 11.8 Å². The highest BCUT2D eigenvalue weighted by Crippen LogP contribution is 2.45. The van der Waals surface area contributed by atoms with Crippen LogP contribution >= 0.6 is 0 Å². The summed E-state index contributed by atoms with van der Waals surface area (Å²) in [4.78, 5) is 32.8. The van der Waals surface area contributed by atoms with Gasteiger partial charge in [0.25, 0.3) is 11.8 Å². The van der Waals surface area contributed by atoms with Gasteiger partial charge in [-0.3, -0.25) is 14.3 Å². The Morgan fingerprint density at radius 1 is 1.29 bits per heavy atom. The number of amides is 2. The van der Waals surface area contributed by atoms with Gasteiger partial charge in [0.2, 0.25) is 5.89 Å². The number of carbonyl (C=O) groups excluding carboxylic acids is 2. The van der Waals surface area contributed by atoms with E-state index in [-0.39, 0.29) is 17.1 Å². The Morgan fingerprint density at radius 3 is 2.90 bits per heavy atom. The number of hydrogen-bond acceptors (Lipinski definition) is 7. The van der Waals surface area contributed by atoms with Crippen molar-refractivity contribution >= 4 is 23.3 Å². The molecule has 2 saturated carbocycles. The van der Waals surface area contributed by atoms with Crippen LogP contribution in [0.25, 0.3) is 11.5 Å². The highest BCUT2D eigenvalue weighted by atomic mass is 16.3. The number of primary amides is 1. The van der Waals surface area contributed by atoms with Crippen molar-refractivity contribution in [1.82, 2.24) is 19.7 Å². The summed E-state index contributed by atoms with van der Waals surface area (Å²) < 4.78 is 6.92. The van der Waals surface area contributed by atoms with Gasteiger partial charge >= 0.3 is 0 Å². The third-order valence-electron chi connectivity index (χ3n) is 6.13. The van der Waals surface area contributed by atoms with Crippen molar-refractivity contribution in [3.63, 3.8) is 0 Å². The van der Waals surface area contributed by atoms with Crippen LogP contribution in [0.3, 0.4) is 0 Å². The first-order valence-corrected chi connectivity index (χ1v) is 10.3. The number of fused-ring (bicyclic) bond motifs is 2. The zero-order chi connectivity index (χ0) is 21.5. The Balaban J connectivity index is 1.30. The second kappa shape index (κ2) is 7.53. The standard InChI is InChI=1S/C21H23N7O3/c1-28-9-15(18(27-28)19(22)29)25-20(30)16-10-31-21(26-16)13-4-5-23-17(8-13)24-14-7-11-2-3-12(14)6-11/h4-5,8-12,14H,2-3,6-7H2,1H3,(H2,22,29)(H,23,24)(H,25,30)/t11-,12+,14+/m0/s1. The molecule has 31 heavy (non-hydrogen) atoms. The molecule has 2 bridgehead atoms. The molecule has 2 amide bonds. The van der Waals surface area contributed by atoms with Gasteiger partial charge in [-0.25, -0.2) is 9.97 Å². The van der Waals surface area contributed by atoms with Crippen LogP contribution in [0.5, 0.6) is 0 Å². The van der Waals surface area contributed by atoms with Gasteiger partial charge in [0.1, 0.15) is 12.1 Å². The van der Waals surface area contributed by atoms with Gasteiger partial charge in [0, 0.05) is 31.0 Å². The maximum atomic E-state index is 12.6. The number of pyridine rings is 1. The molecule has 3 atom stereocenters. The molecule has 0 radical (unpaired) electrons. The zero-order valence-corrected chi connectivity index (χ0v) is 17.0. The summed E-state index contributed by atoms with van der Waals surface area (Å²) in [6, 6.07) is 4.13. The molecule has 3 aromatic heterocycles. The Labute approximate surface area is 178 Å². The SMILES string of the molecule is Cn1cc(NC(=O)c2coc(-c3ccnc(N[C@@H]4C[C@H]5CC[C@@H]4C5)c3)n2)c(C(N)=O)n1. The molecule has 2 aliphatic rings. The van der Waals surface area contributed by atoms with E-state index in [0.29, 0.717) is 11.9 Å². The molecule has 4 N–H and O–H groups in total. The maximum absolute atomic E-state index is 12.6. The average molecular weight is 421 g/mol. The van der Waals surface area contributed by atoms with E-state index >= 15 is 0 Å². The van der Waals surface area contributed by atoms with Gasteiger partial charge < -0.3 is 20.8 Å². The van der Waals surface area contributed by atoms with Crippen molar-refractivity contribution < 1.29 is 14.0 Å². The molecule has 3 aromatic rings. The number of hydrogen-bond donors (Lipinski definition) is 3. The van der Waals surface area contributed by atoms with Crippen molar-refractivity contribution in [3.8, 4) is 11.5 Å². The van der Waals surface area contributed by atoms with Crippen LogP contribution in [0.15, 0.2) is 35.2 Å². The Bertz CT molecular complexity index is 1150. The largest absolute Gasteiger partial charge is 0.444 e. The summed E-state index contributed by atoms with van der Waals surface area (Å²) in [6.45, 7) is 0. The summed E-state index contributed by atoms with van der Waals surface area (Å²) in [6.07, 6.45) is 9.60. The minimum Gasteiger partial charge on any atom is -0.444 e. The third kappa shape index (κ3) is 3.76. The van der Waals surface area contributed by atoms with E-state index in [1.54, 1.807) is 19.3 Å². The second-order valence-corrected chi connectivity index (χ2v) is 8.28. The van der Waals surface area contributed by atoms with Crippen molar-refractivity contribution in [2.24, 2.45) is 24.6 Å². The maximum Gasteiger partial charge on any atom is 0.277 e. The summed E-state index contributed by atoms with van der Waals surface area (Å²) in [5, 5.41) is 10.1. The number of nitrogens with one attached hydrogen (secondary N) is 2. The van der Waals surface area contributed by atoms with E-state index < -0.39 is 11.8 Å². The normalized spacial score (nSPS) is 21.9. The fourth-order valence-electron chi connectivity index (χ4n) is 4.71. The highest BCUT2D eigenvalue weighted by Gasteiger charge is 2.39. The first-order chi connectivity index (χ1) is 15.0. The van der Waals surface area contributed by atoms with E-state index in [9.17, 15) is 9.59 Å². The third-order valence-corrected chi connectivity index (χ3v) is 6.13. The van der Waals surface area contributed by atoms with Gasteiger partial charge in [-0.05, 0) is 43.2 Å². The molecule has 160 valence electrons. The number of aromatic nitrogens is 4. The first-order valence-electron chi connectivity index (χ1n) is 10.3. The predicted molar refractivity (Wildman–Crippen MR) is 112 cm³/mol. The second-order valence-electron chi connectivity index (χ2n) is 8.28. The van der Waals surface area contributed by atoms with Gasteiger partial charge in [0.15, 0.2) is 11.4 Å². The quantitative estimate of drug-likeness (QED) is 0.555. The van der Waals surface area contributed by atoms with E-state index in [0.717, 1.165) is 23.2 Å². The number of anilines is 2. The van der Waals surface area contributed by atoms with Crippen molar-refractivity contribution in [2.75, 3.05) is 10.6 Å². The molecule has 2 fully saturated rings. The number of rotatable bonds is 6.